The number of fused-ring (bicyclic) bond motifs is 1. The lowest BCUT2D eigenvalue weighted by atomic mass is 10.1. The van der Waals surface area contributed by atoms with Crippen LogP contribution in [0.4, 0.5) is 0 Å². The molecule has 90 valence electrons. The van der Waals surface area contributed by atoms with Gasteiger partial charge in [-0.15, -0.1) is 0 Å². The standard InChI is InChI=1S/C14H16O2S/c15-14(13-7-3-4-8-17-13)12-9-10-5-1-2-6-11(10)16-12/h1-2,5-6,9,13-15H,3-4,7-8H2. The minimum atomic E-state index is -0.465. The van der Waals surface area contributed by atoms with Crippen LogP contribution in [-0.4, -0.2) is 16.1 Å². The van der Waals surface area contributed by atoms with Crippen molar-refractivity contribution >= 4 is 22.7 Å². The van der Waals surface area contributed by atoms with Crippen molar-refractivity contribution in [1.29, 1.82) is 0 Å². The first kappa shape index (κ1) is 11.2. The highest BCUT2D eigenvalue weighted by atomic mass is 32.2. The van der Waals surface area contributed by atoms with Crippen LogP contribution in [0, 0.1) is 0 Å². The van der Waals surface area contributed by atoms with Gasteiger partial charge in [0.25, 0.3) is 0 Å². The molecule has 2 heterocycles. The van der Waals surface area contributed by atoms with Crippen LogP contribution in [0.1, 0.15) is 31.1 Å². The SMILES string of the molecule is OC(c1cc2ccccc2o1)C1CCCCS1. The first-order chi connectivity index (χ1) is 8.34. The molecule has 0 spiro atoms. The Hall–Kier alpha value is -0.930. The van der Waals surface area contributed by atoms with Crippen molar-refractivity contribution in [2.75, 3.05) is 5.75 Å². The van der Waals surface area contributed by atoms with Crippen LogP contribution < -0.4 is 0 Å². The summed E-state index contributed by atoms with van der Waals surface area (Å²) >= 11 is 1.87. The van der Waals surface area contributed by atoms with E-state index < -0.39 is 6.10 Å². The summed E-state index contributed by atoms with van der Waals surface area (Å²) in [6, 6.07) is 9.87. The molecule has 0 amide bonds. The molecule has 0 aliphatic carbocycles. The molecule has 0 radical (unpaired) electrons. The lowest BCUT2D eigenvalue weighted by molar-refractivity contribution is 0.144. The van der Waals surface area contributed by atoms with E-state index in [0.717, 1.165) is 23.1 Å². The van der Waals surface area contributed by atoms with Crippen molar-refractivity contribution in [1.82, 2.24) is 0 Å². The molecule has 2 nitrogen and oxygen atoms in total. The number of aliphatic hydroxyl groups is 1. The summed E-state index contributed by atoms with van der Waals surface area (Å²) in [5, 5.41) is 11.7. The number of furan rings is 1. The van der Waals surface area contributed by atoms with Gasteiger partial charge in [0.1, 0.15) is 17.4 Å². The van der Waals surface area contributed by atoms with Crippen LogP contribution in [0.5, 0.6) is 0 Å². The Morgan fingerprint density at radius 1 is 1.29 bits per heavy atom. The van der Waals surface area contributed by atoms with Gasteiger partial charge >= 0.3 is 0 Å². The van der Waals surface area contributed by atoms with Crippen molar-refractivity contribution in [2.24, 2.45) is 0 Å². The fourth-order valence-electron chi connectivity index (χ4n) is 2.35. The molecule has 1 aromatic carbocycles. The molecule has 0 saturated carbocycles. The number of hydrogen-bond acceptors (Lipinski definition) is 3. The predicted molar refractivity (Wildman–Crippen MR) is 71.3 cm³/mol. The van der Waals surface area contributed by atoms with Crippen molar-refractivity contribution in [2.45, 2.75) is 30.6 Å². The summed E-state index contributed by atoms with van der Waals surface area (Å²) in [5.74, 6) is 1.87. The molecule has 2 atom stereocenters. The lowest BCUT2D eigenvalue weighted by Crippen LogP contribution is -2.18. The Labute approximate surface area is 105 Å². The molecule has 1 N–H and O–H groups in total. The number of thioether (sulfide) groups is 1. The van der Waals surface area contributed by atoms with Gasteiger partial charge in [0.2, 0.25) is 0 Å². The number of para-hydroxylation sites is 1. The Bertz CT molecular complexity index is 467. The maximum atomic E-state index is 10.3. The van der Waals surface area contributed by atoms with E-state index in [1.165, 1.54) is 12.8 Å². The minimum Gasteiger partial charge on any atom is -0.458 e. The topological polar surface area (TPSA) is 33.4 Å². The monoisotopic (exact) mass is 248 g/mol. The number of rotatable bonds is 2. The highest BCUT2D eigenvalue weighted by Gasteiger charge is 2.26. The maximum absolute atomic E-state index is 10.3. The molecule has 17 heavy (non-hydrogen) atoms. The lowest BCUT2D eigenvalue weighted by Gasteiger charge is -2.24. The second-order valence-electron chi connectivity index (χ2n) is 4.54. The fourth-order valence-corrected chi connectivity index (χ4v) is 3.67. The van der Waals surface area contributed by atoms with E-state index in [1.807, 2.05) is 42.1 Å². The van der Waals surface area contributed by atoms with Gasteiger partial charge in [0.15, 0.2) is 0 Å². The van der Waals surface area contributed by atoms with Gasteiger partial charge in [0.05, 0.1) is 0 Å². The van der Waals surface area contributed by atoms with Gasteiger partial charge in [-0.1, -0.05) is 24.6 Å². The van der Waals surface area contributed by atoms with Gasteiger partial charge in [0, 0.05) is 10.6 Å². The second kappa shape index (κ2) is 4.75. The summed E-state index contributed by atoms with van der Waals surface area (Å²) in [6.45, 7) is 0. The van der Waals surface area contributed by atoms with Crippen LogP contribution in [0.3, 0.4) is 0 Å². The van der Waals surface area contributed by atoms with E-state index in [4.69, 9.17) is 4.42 Å². The van der Waals surface area contributed by atoms with Crippen LogP contribution in [0.2, 0.25) is 0 Å². The smallest absolute Gasteiger partial charge is 0.134 e. The summed E-state index contributed by atoms with van der Waals surface area (Å²) in [6.07, 6.45) is 3.11. The number of hydrogen-bond donors (Lipinski definition) is 1. The Balaban J connectivity index is 1.86. The molecule has 3 heteroatoms. The third-order valence-corrected chi connectivity index (χ3v) is 4.75. The Morgan fingerprint density at radius 2 is 2.18 bits per heavy atom. The summed E-state index contributed by atoms with van der Waals surface area (Å²) in [7, 11) is 0. The molecule has 2 aromatic rings. The first-order valence-electron chi connectivity index (χ1n) is 6.13. The van der Waals surface area contributed by atoms with Gasteiger partial charge < -0.3 is 9.52 Å². The summed E-state index contributed by atoms with van der Waals surface area (Å²) in [5.41, 5.74) is 0.863. The third kappa shape index (κ3) is 2.22. The minimum absolute atomic E-state index is 0.296. The molecule has 1 aliphatic rings. The molecule has 2 unspecified atom stereocenters. The fraction of sp³-hybridized carbons (Fsp3) is 0.429. The van der Waals surface area contributed by atoms with Crippen molar-refractivity contribution < 1.29 is 9.52 Å². The van der Waals surface area contributed by atoms with Crippen molar-refractivity contribution in [3.8, 4) is 0 Å². The molecular formula is C14H16O2S. The molecule has 1 aliphatic heterocycles. The first-order valence-corrected chi connectivity index (χ1v) is 7.17. The highest BCUT2D eigenvalue weighted by molar-refractivity contribution is 7.99. The van der Waals surface area contributed by atoms with Gasteiger partial charge in [-0.05, 0) is 30.7 Å². The summed E-state index contributed by atoms with van der Waals surface area (Å²) < 4.78 is 5.72. The maximum Gasteiger partial charge on any atom is 0.134 e. The van der Waals surface area contributed by atoms with Gasteiger partial charge in [-0.2, -0.15) is 11.8 Å². The Kier molecular flexibility index (Phi) is 3.12. The predicted octanol–water partition coefficient (Wildman–Crippen LogP) is 3.75. The molecular weight excluding hydrogens is 232 g/mol. The summed E-state index contributed by atoms with van der Waals surface area (Å²) in [4.78, 5) is 0. The third-order valence-electron chi connectivity index (χ3n) is 3.30. The molecule has 1 aromatic heterocycles. The second-order valence-corrected chi connectivity index (χ2v) is 5.88. The number of benzene rings is 1. The largest absolute Gasteiger partial charge is 0.458 e. The van der Waals surface area contributed by atoms with Crippen molar-refractivity contribution in [3.05, 3.63) is 36.1 Å². The van der Waals surface area contributed by atoms with Crippen LogP contribution in [-0.2, 0) is 0 Å². The molecule has 0 bridgehead atoms. The Morgan fingerprint density at radius 3 is 2.94 bits per heavy atom. The average molecular weight is 248 g/mol. The van der Waals surface area contributed by atoms with Gasteiger partial charge in [-0.25, -0.2) is 0 Å². The zero-order valence-corrected chi connectivity index (χ0v) is 10.5. The van der Waals surface area contributed by atoms with E-state index in [2.05, 4.69) is 0 Å². The molecule has 1 saturated heterocycles. The van der Waals surface area contributed by atoms with E-state index in [9.17, 15) is 5.11 Å². The van der Waals surface area contributed by atoms with E-state index >= 15 is 0 Å². The molecule has 3 rings (SSSR count). The zero-order chi connectivity index (χ0) is 11.7. The van der Waals surface area contributed by atoms with Gasteiger partial charge in [-0.3, -0.25) is 0 Å². The van der Waals surface area contributed by atoms with E-state index in [0.29, 0.717) is 11.0 Å². The van der Waals surface area contributed by atoms with Crippen LogP contribution in [0.15, 0.2) is 34.7 Å². The quantitative estimate of drug-likeness (QED) is 0.878. The number of aliphatic hydroxyl groups excluding tert-OH is 1. The average Bonchev–Trinajstić information content (AvgIpc) is 2.82. The molecule has 1 fully saturated rings. The van der Waals surface area contributed by atoms with Crippen LogP contribution >= 0.6 is 11.8 Å². The van der Waals surface area contributed by atoms with E-state index in [-0.39, 0.29) is 0 Å². The normalized spacial score (nSPS) is 22.8. The zero-order valence-electron chi connectivity index (χ0n) is 9.63. The highest BCUT2D eigenvalue weighted by Crippen LogP contribution is 2.36. The van der Waals surface area contributed by atoms with Crippen molar-refractivity contribution in [3.63, 3.8) is 0 Å². The van der Waals surface area contributed by atoms with Crippen LogP contribution in [0.25, 0.3) is 11.0 Å². The van der Waals surface area contributed by atoms with E-state index in [1.54, 1.807) is 0 Å².